The van der Waals surface area contributed by atoms with Crippen LogP contribution in [0.4, 0.5) is 0 Å². The number of para-hydroxylation sites is 2. The quantitative estimate of drug-likeness (QED) is 0.192. The Morgan fingerprint density at radius 1 is 0.490 bits per heavy atom. The third kappa shape index (κ3) is 4.20. The van der Waals surface area contributed by atoms with Gasteiger partial charge < -0.3 is 8.83 Å². The van der Waals surface area contributed by atoms with E-state index in [4.69, 9.17) is 23.8 Å². The van der Waals surface area contributed by atoms with Crippen molar-refractivity contribution in [2.75, 3.05) is 0 Å². The van der Waals surface area contributed by atoms with Gasteiger partial charge in [-0.05, 0) is 52.1 Å². The first-order valence-corrected chi connectivity index (χ1v) is 16.4. The molecular weight excluding hydrogens is 604 g/mol. The Bertz CT molecular complexity index is 2690. The van der Waals surface area contributed by atoms with Crippen LogP contribution in [0.1, 0.15) is 25.0 Å². The predicted octanol–water partition coefficient (Wildman–Crippen LogP) is 10.9. The van der Waals surface area contributed by atoms with Crippen LogP contribution < -0.4 is 0 Å². The maximum absolute atomic E-state index is 6.87. The molecule has 0 spiro atoms. The van der Waals surface area contributed by atoms with Crippen LogP contribution in [0, 0.1) is 0 Å². The maximum Gasteiger partial charge on any atom is 0.181 e. The zero-order valence-electron chi connectivity index (χ0n) is 26.8. The van der Waals surface area contributed by atoms with Crippen LogP contribution in [0.2, 0.25) is 0 Å². The van der Waals surface area contributed by atoms with Crippen molar-refractivity contribution < 1.29 is 8.83 Å². The molecule has 0 N–H and O–H groups in total. The molecule has 0 fully saturated rings. The number of furan rings is 1. The van der Waals surface area contributed by atoms with Crippen molar-refractivity contribution in [2.45, 2.75) is 19.3 Å². The first-order chi connectivity index (χ1) is 24.0. The Balaban J connectivity index is 1.16. The Labute approximate surface area is 281 Å². The monoisotopic (exact) mass is 632 g/mol. The van der Waals surface area contributed by atoms with Crippen molar-refractivity contribution in [1.82, 2.24) is 19.9 Å². The maximum atomic E-state index is 6.87. The van der Waals surface area contributed by atoms with Gasteiger partial charge in [0.1, 0.15) is 16.7 Å². The molecule has 1 aliphatic carbocycles. The zero-order valence-corrected chi connectivity index (χ0v) is 26.8. The number of oxazole rings is 1. The molecule has 1 aliphatic rings. The number of nitrogens with zero attached hydrogens (tertiary/aromatic N) is 4. The summed E-state index contributed by atoms with van der Waals surface area (Å²) < 4.78 is 12.5. The van der Waals surface area contributed by atoms with Crippen LogP contribution in [-0.4, -0.2) is 19.9 Å². The first kappa shape index (κ1) is 27.7. The number of benzene rings is 6. The van der Waals surface area contributed by atoms with E-state index in [0.29, 0.717) is 17.5 Å². The summed E-state index contributed by atoms with van der Waals surface area (Å²) in [7, 11) is 0. The van der Waals surface area contributed by atoms with E-state index in [1.165, 1.54) is 28.6 Å². The molecule has 3 heterocycles. The van der Waals surface area contributed by atoms with E-state index >= 15 is 0 Å². The molecule has 0 atom stereocenters. The highest BCUT2D eigenvalue weighted by Crippen LogP contribution is 2.51. The summed E-state index contributed by atoms with van der Waals surface area (Å²) >= 11 is 0. The molecule has 0 saturated carbocycles. The van der Waals surface area contributed by atoms with Gasteiger partial charge in [0.05, 0.1) is 5.56 Å². The smallest absolute Gasteiger partial charge is 0.181 e. The van der Waals surface area contributed by atoms with Gasteiger partial charge in [-0.15, -0.1) is 0 Å². The van der Waals surface area contributed by atoms with Crippen LogP contribution in [0.3, 0.4) is 0 Å². The van der Waals surface area contributed by atoms with Crippen LogP contribution in [0.5, 0.6) is 0 Å². The molecule has 9 aromatic rings. The molecule has 6 nitrogen and oxygen atoms in total. The minimum Gasteiger partial charge on any atom is -0.455 e. The molecule has 232 valence electrons. The highest BCUT2D eigenvalue weighted by Gasteiger charge is 2.36. The van der Waals surface area contributed by atoms with E-state index in [1.807, 2.05) is 72.8 Å². The molecular formula is C43H28N4O2. The molecule has 0 aliphatic heterocycles. The highest BCUT2D eigenvalue weighted by molar-refractivity contribution is 6.13. The second-order valence-electron chi connectivity index (χ2n) is 13.1. The van der Waals surface area contributed by atoms with Crippen molar-refractivity contribution in [2.24, 2.45) is 0 Å². The predicted molar refractivity (Wildman–Crippen MR) is 194 cm³/mol. The van der Waals surface area contributed by atoms with Crippen LogP contribution >= 0.6 is 0 Å². The number of rotatable bonds is 4. The van der Waals surface area contributed by atoms with Crippen LogP contribution in [0.25, 0.3) is 89.5 Å². The summed E-state index contributed by atoms with van der Waals surface area (Å²) in [6.45, 7) is 4.54. The molecule has 0 amide bonds. The van der Waals surface area contributed by atoms with Crippen molar-refractivity contribution >= 4 is 33.0 Å². The van der Waals surface area contributed by atoms with E-state index in [2.05, 4.69) is 73.4 Å². The van der Waals surface area contributed by atoms with E-state index in [9.17, 15) is 0 Å². The highest BCUT2D eigenvalue weighted by atomic mass is 16.3. The van der Waals surface area contributed by atoms with Crippen LogP contribution in [0.15, 0.2) is 143 Å². The van der Waals surface area contributed by atoms with E-state index < -0.39 is 0 Å². The minimum absolute atomic E-state index is 0.161. The molecule has 10 rings (SSSR count). The fraction of sp³-hybridized carbons (Fsp3) is 0.0698. The Morgan fingerprint density at radius 2 is 1.10 bits per heavy atom. The van der Waals surface area contributed by atoms with E-state index in [-0.39, 0.29) is 5.41 Å². The lowest BCUT2D eigenvalue weighted by molar-refractivity contribution is 0.598. The summed E-state index contributed by atoms with van der Waals surface area (Å²) in [5.74, 6) is 1.79. The van der Waals surface area contributed by atoms with Crippen molar-refractivity contribution in [3.63, 3.8) is 0 Å². The number of aromatic nitrogens is 4. The summed E-state index contributed by atoms with van der Waals surface area (Å²) in [5.41, 5.74) is 12.8. The molecule has 0 radical (unpaired) electrons. The van der Waals surface area contributed by atoms with Gasteiger partial charge in [0.25, 0.3) is 0 Å². The largest absolute Gasteiger partial charge is 0.455 e. The van der Waals surface area contributed by atoms with Gasteiger partial charge in [0.2, 0.25) is 0 Å². The second kappa shape index (κ2) is 10.3. The second-order valence-corrected chi connectivity index (χ2v) is 13.1. The molecule has 49 heavy (non-hydrogen) atoms. The summed E-state index contributed by atoms with van der Waals surface area (Å²) in [6.07, 6.45) is 1.52. The molecule has 6 heteroatoms. The first-order valence-electron chi connectivity index (χ1n) is 16.4. The van der Waals surface area contributed by atoms with Crippen molar-refractivity contribution in [3.8, 4) is 56.4 Å². The van der Waals surface area contributed by atoms with E-state index in [1.54, 1.807) is 0 Å². The molecule has 6 aromatic carbocycles. The summed E-state index contributed by atoms with van der Waals surface area (Å²) in [5, 5.41) is 2.05. The number of hydrogen-bond donors (Lipinski definition) is 0. The van der Waals surface area contributed by atoms with Gasteiger partial charge >= 0.3 is 0 Å². The van der Waals surface area contributed by atoms with Gasteiger partial charge in [-0.25, -0.2) is 19.9 Å². The van der Waals surface area contributed by atoms with Gasteiger partial charge in [-0.3, -0.25) is 0 Å². The molecule has 0 unspecified atom stereocenters. The Morgan fingerprint density at radius 3 is 1.80 bits per heavy atom. The third-order valence-corrected chi connectivity index (χ3v) is 9.90. The molecule has 0 saturated heterocycles. The summed E-state index contributed by atoms with van der Waals surface area (Å²) in [6, 6.07) is 43.7. The lowest BCUT2D eigenvalue weighted by Gasteiger charge is -2.21. The van der Waals surface area contributed by atoms with Gasteiger partial charge in [-0.1, -0.05) is 117 Å². The van der Waals surface area contributed by atoms with E-state index in [0.717, 1.165) is 60.9 Å². The lowest BCUT2D eigenvalue weighted by atomic mass is 9.82. The van der Waals surface area contributed by atoms with Gasteiger partial charge in [-0.2, -0.15) is 0 Å². The van der Waals surface area contributed by atoms with Crippen molar-refractivity contribution in [3.05, 3.63) is 145 Å². The van der Waals surface area contributed by atoms with Gasteiger partial charge in [0.15, 0.2) is 29.4 Å². The average molecular weight is 633 g/mol. The van der Waals surface area contributed by atoms with Gasteiger partial charge in [0, 0.05) is 32.9 Å². The topological polar surface area (TPSA) is 77.8 Å². The molecule has 3 aromatic heterocycles. The Hall–Kier alpha value is -6.40. The fourth-order valence-electron chi connectivity index (χ4n) is 7.42. The normalized spacial score (nSPS) is 13.3. The number of fused-ring (bicyclic) bond motifs is 7. The standard InChI is InChI=1S/C43H28N4O2/c1-43(2)34-20-19-27(21-32(34)33-22-36-37(23-35(33)43)48-24-44-36)28-15-9-16-29-30-17-10-18-31(39(30)49-38(28)29)42-46-40(25-11-5-3-6-12-25)45-41(47-42)26-13-7-4-8-14-26/h3-24H,1-2H3. The third-order valence-electron chi connectivity index (χ3n) is 9.90. The van der Waals surface area contributed by atoms with Crippen LogP contribution in [-0.2, 0) is 5.41 Å². The Kier molecular flexibility index (Phi) is 5.82. The zero-order chi connectivity index (χ0) is 32.7. The fourth-order valence-corrected chi connectivity index (χ4v) is 7.42. The molecule has 0 bridgehead atoms. The lowest BCUT2D eigenvalue weighted by Crippen LogP contribution is -2.14. The summed E-state index contributed by atoms with van der Waals surface area (Å²) in [4.78, 5) is 19.3. The average Bonchev–Trinajstić information content (AvgIpc) is 3.84. The van der Waals surface area contributed by atoms with Crippen molar-refractivity contribution in [1.29, 1.82) is 0 Å². The minimum atomic E-state index is -0.161. The SMILES string of the molecule is CC1(C)c2ccc(-c3cccc4c3oc3c(-c5nc(-c6ccccc6)nc(-c6ccccc6)n5)cccc34)cc2-c2cc3ncoc3cc21. The number of hydrogen-bond acceptors (Lipinski definition) is 6.